The van der Waals surface area contributed by atoms with Gasteiger partial charge in [-0.1, -0.05) is 12.8 Å². The number of aliphatic carboxylic acids is 1. The van der Waals surface area contributed by atoms with E-state index in [1.165, 1.54) is 31.4 Å². The lowest BCUT2D eigenvalue weighted by Gasteiger charge is -2.24. The molecule has 0 amide bonds. The molecule has 2 heterocycles. The molecule has 1 fully saturated rings. The molecule has 0 bridgehead atoms. The predicted molar refractivity (Wildman–Crippen MR) is 62.9 cm³/mol. The second-order valence-electron chi connectivity index (χ2n) is 5.27. The summed E-state index contributed by atoms with van der Waals surface area (Å²) in [7, 11) is 0. The smallest absolute Gasteiger partial charge is 0.308 e. The lowest BCUT2D eigenvalue weighted by Crippen LogP contribution is -2.27. The molecular formula is C13H18N2O2. The average molecular weight is 234 g/mol. The monoisotopic (exact) mass is 234 g/mol. The van der Waals surface area contributed by atoms with Crippen LogP contribution in [0.1, 0.15) is 49.5 Å². The highest BCUT2D eigenvalue weighted by atomic mass is 16.4. The van der Waals surface area contributed by atoms with E-state index in [4.69, 9.17) is 5.11 Å². The van der Waals surface area contributed by atoms with Crippen LogP contribution in [-0.2, 0) is 17.8 Å². The van der Waals surface area contributed by atoms with Gasteiger partial charge in [0.25, 0.3) is 0 Å². The van der Waals surface area contributed by atoms with Crippen LogP contribution in [0, 0.1) is 5.92 Å². The minimum atomic E-state index is -0.665. The molecule has 4 nitrogen and oxygen atoms in total. The third kappa shape index (κ3) is 1.85. The molecule has 0 spiro atoms. The molecule has 4 heteroatoms. The summed E-state index contributed by atoms with van der Waals surface area (Å²) in [5.74, 6) is 0.818. The first-order valence-corrected chi connectivity index (χ1v) is 6.53. The molecule has 2 aliphatic rings. The van der Waals surface area contributed by atoms with E-state index in [2.05, 4.69) is 9.55 Å². The lowest BCUT2D eigenvalue weighted by atomic mass is 9.97. The van der Waals surface area contributed by atoms with Crippen LogP contribution in [0.2, 0.25) is 0 Å². The Morgan fingerprint density at radius 1 is 1.35 bits per heavy atom. The number of carbonyl (C=O) groups is 1. The van der Waals surface area contributed by atoms with Crippen molar-refractivity contribution in [3.8, 4) is 0 Å². The molecule has 1 aromatic heterocycles. The third-order valence-corrected chi connectivity index (χ3v) is 4.19. The number of fused-ring (bicyclic) bond motifs is 1. The lowest BCUT2D eigenvalue weighted by molar-refractivity contribution is -0.142. The van der Waals surface area contributed by atoms with E-state index in [0.717, 1.165) is 18.7 Å². The van der Waals surface area contributed by atoms with Crippen LogP contribution < -0.4 is 0 Å². The Hall–Kier alpha value is -1.32. The summed E-state index contributed by atoms with van der Waals surface area (Å²) in [6, 6.07) is 0. The number of aryl methyl sites for hydroxylation is 1. The molecule has 1 atom stereocenters. The van der Waals surface area contributed by atoms with Crippen LogP contribution in [0.3, 0.4) is 0 Å². The first-order chi connectivity index (χ1) is 8.25. The Bertz CT molecular complexity index is 433. The molecule has 0 saturated heterocycles. The number of imidazole rings is 1. The van der Waals surface area contributed by atoms with Gasteiger partial charge in [-0.3, -0.25) is 4.79 Å². The standard InChI is InChI=1S/C13H18N2O2/c16-13(17)10-5-6-11-7-14-12(15(11)8-10)9-3-1-2-4-9/h7,9-10H,1-6,8H2,(H,16,17). The maximum atomic E-state index is 11.1. The highest BCUT2D eigenvalue weighted by molar-refractivity contribution is 5.70. The van der Waals surface area contributed by atoms with Gasteiger partial charge in [0.05, 0.1) is 5.92 Å². The first kappa shape index (κ1) is 10.8. The Labute approximate surface area is 101 Å². The van der Waals surface area contributed by atoms with Crippen LogP contribution in [0.15, 0.2) is 6.20 Å². The summed E-state index contributed by atoms with van der Waals surface area (Å²) in [5.41, 5.74) is 1.23. The molecule has 1 aliphatic heterocycles. The van der Waals surface area contributed by atoms with Crippen LogP contribution in [0.25, 0.3) is 0 Å². The van der Waals surface area contributed by atoms with E-state index in [9.17, 15) is 4.79 Å². The molecule has 0 aromatic carbocycles. The summed E-state index contributed by atoms with van der Waals surface area (Å²) < 4.78 is 2.18. The average Bonchev–Trinajstić information content (AvgIpc) is 2.96. The van der Waals surface area contributed by atoms with Gasteiger partial charge < -0.3 is 9.67 Å². The molecule has 1 N–H and O–H groups in total. The molecule has 1 saturated carbocycles. The molecule has 1 aromatic rings. The number of hydrogen-bond acceptors (Lipinski definition) is 2. The summed E-state index contributed by atoms with van der Waals surface area (Å²) >= 11 is 0. The minimum Gasteiger partial charge on any atom is -0.481 e. The fraction of sp³-hybridized carbons (Fsp3) is 0.692. The van der Waals surface area contributed by atoms with E-state index in [0.29, 0.717) is 12.5 Å². The molecule has 17 heavy (non-hydrogen) atoms. The largest absolute Gasteiger partial charge is 0.481 e. The Morgan fingerprint density at radius 3 is 2.82 bits per heavy atom. The molecule has 1 unspecified atom stereocenters. The first-order valence-electron chi connectivity index (χ1n) is 6.53. The van der Waals surface area contributed by atoms with Crippen LogP contribution in [0.5, 0.6) is 0 Å². The highest BCUT2D eigenvalue weighted by Crippen LogP contribution is 2.35. The molecular weight excluding hydrogens is 216 g/mol. The van der Waals surface area contributed by atoms with Crippen LogP contribution in [-0.4, -0.2) is 20.6 Å². The molecule has 92 valence electrons. The Balaban J connectivity index is 1.88. The maximum absolute atomic E-state index is 11.1. The number of nitrogens with zero attached hydrogens (tertiary/aromatic N) is 2. The van der Waals surface area contributed by atoms with Gasteiger partial charge in [0.2, 0.25) is 0 Å². The van der Waals surface area contributed by atoms with Crippen LogP contribution in [0.4, 0.5) is 0 Å². The molecule has 1 aliphatic carbocycles. The van der Waals surface area contributed by atoms with Gasteiger partial charge in [0.15, 0.2) is 0 Å². The van der Waals surface area contributed by atoms with E-state index in [-0.39, 0.29) is 5.92 Å². The van der Waals surface area contributed by atoms with Gasteiger partial charge >= 0.3 is 5.97 Å². The van der Waals surface area contributed by atoms with E-state index in [1.807, 2.05) is 6.20 Å². The second-order valence-corrected chi connectivity index (χ2v) is 5.27. The summed E-state index contributed by atoms with van der Waals surface area (Å²) in [5, 5.41) is 9.12. The number of rotatable bonds is 2. The quantitative estimate of drug-likeness (QED) is 0.853. The maximum Gasteiger partial charge on any atom is 0.308 e. The Kier molecular flexibility index (Phi) is 2.65. The fourth-order valence-corrected chi connectivity index (χ4v) is 3.18. The Morgan fingerprint density at radius 2 is 2.12 bits per heavy atom. The molecule has 3 rings (SSSR count). The minimum absolute atomic E-state index is 0.225. The summed E-state index contributed by atoms with van der Waals surface area (Å²) in [6.07, 6.45) is 8.57. The van der Waals surface area contributed by atoms with Crippen molar-refractivity contribution in [3.63, 3.8) is 0 Å². The van der Waals surface area contributed by atoms with E-state index >= 15 is 0 Å². The van der Waals surface area contributed by atoms with Crippen molar-refractivity contribution in [2.24, 2.45) is 5.92 Å². The van der Waals surface area contributed by atoms with Gasteiger partial charge in [-0.05, 0) is 25.7 Å². The number of carboxylic acid groups (broad SMARTS) is 1. The van der Waals surface area contributed by atoms with Crippen molar-refractivity contribution in [1.82, 2.24) is 9.55 Å². The van der Waals surface area contributed by atoms with Gasteiger partial charge in [0, 0.05) is 24.4 Å². The zero-order chi connectivity index (χ0) is 11.8. The van der Waals surface area contributed by atoms with Gasteiger partial charge in [-0.15, -0.1) is 0 Å². The SMILES string of the molecule is O=C(O)C1CCc2cnc(C3CCCC3)n2C1. The van der Waals surface area contributed by atoms with Crippen molar-refractivity contribution >= 4 is 5.97 Å². The second kappa shape index (κ2) is 4.17. The van der Waals surface area contributed by atoms with Crippen LogP contribution >= 0.6 is 0 Å². The zero-order valence-electron chi connectivity index (χ0n) is 9.93. The van der Waals surface area contributed by atoms with Gasteiger partial charge in [-0.25, -0.2) is 4.98 Å². The number of carboxylic acids is 1. The van der Waals surface area contributed by atoms with Crippen molar-refractivity contribution in [3.05, 3.63) is 17.7 Å². The highest BCUT2D eigenvalue weighted by Gasteiger charge is 2.29. The van der Waals surface area contributed by atoms with Gasteiger partial charge in [0.1, 0.15) is 5.82 Å². The number of aromatic nitrogens is 2. The van der Waals surface area contributed by atoms with Crippen molar-refractivity contribution in [1.29, 1.82) is 0 Å². The van der Waals surface area contributed by atoms with Crippen molar-refractivity contribution in [2.45, 2.75) is 51.0 Å². The summed E-state index contributed by atoms with van der Waals surface area (Å²) in [6.45, 7) is 0.622. The zero-order valence-corrected chi connectivity index (χ0v) is 9.93. The van der Waals surface area contributed by atoms with Crippen molar-refractivity contribution < 1.29 is 9.90 Å². The number of hydrogen-bond donors (Lipinski definition) is 1. The van der Waals surface area contributed by atoms with Crippen molar-refractivity contribution in [2.75, 3.05) is 0 Å². The van der Waals surface area contributed by atoms with E-state index in [1.54, 1.807) is 0 Å². The topological polar surface area (TPSA) is 55.1 Å². The molecule has 0 radical (unpaired) electrons. The van der Waals surface area contributed by atoms with E-state index < -0.39 is 5.97 Å². The van der Waals surface area contributed by atoms with Gasteiger partial charge in [-0.2, -0.15) is 0 Å². The summed E-state index contributed by atoms with van der Waals surface area (Å²) in [4.78, 5) is 15.6. The fourth-order valence-electron chi connectivity index (χ4n) is 3.18. The predicted octanol–water partition coefficient (Wildman–Crippen LogP) is 2.19. The normalized spacial score (nSPS) is 24.8. The third-order valence-electron chi connectivity index (χ3n) is 4.19.